The molecule has 134 valence electrons. The van der Waals surface area contributed by atoms with Gasteiger partial charge >= 0.3 is 0 Å². The van der Waals surface area contributed by atoms with Crippen molar-refractivity contribution in [2.45, 2.75) is 70.5 Å². The van der Waals surface area contributed by atoms with Crippen LogP contribution >= 0.6 is 24.8 Å². The zero-order valence-corrected chi connectivity index (χ0v) is 15.8. The lowest BCUT2D eigenvalue weighted by Crippen LogP contribution is -2.46. The van der Waals surface area contributed by atoms with Crippen LogP contribution in [0.5, 0.6) is 0 Å². The van der Waals surface area contributed by atoms with Crippen molar-refractivity contribution in [3.05, 3.63) is 18.7 Å². The van der Waals surface area contributed by atoms with Crippen LogP contribution in [0.4, 0.5) is 0 Å². The smallest absolute Gasteiger partial charge is 0.0946 e. The summed E-state index contributed by atoms with van der Waals surface area (Å²) in [5, 5.41) is 7.41. The Morgan fingerprint density at radius 1 is 1.22 bits per heavy atom. The average molecular weight is 363 g/mol. The Labute approximate surface area is 153 Å². The summed E-state index contributed by atoms with van der Waals surface area (Å²) in [6.07, 6.45) is 15.4. The van der Waals surface area contributed by atoms with Crippen LogP contribution < -0.4 is 10.6 Å². The summed E-state index contributed by atoms with van der Waals surface area (Å²) in [5.41, 5.74) is 0.676. The highest BCUT2D eigenvalue weighted by Crippen LogP contribution is 2.43. The Morgan fingerprint density at radius 3 is 2.48 bits per heavy atom. The quantitative estimate of drug-likeness (QED) is 0.843. The Morgan fingerprint density at radius 2 is 1.91 bits per heavy atom. The van der Waals surface area contributed by atoms with Crippen molar-refractivity contribution < 1.29 is 0 Å². The monoisotopic (exact) mass is 362 g/mol. The number of imidazole rings is 1. The van der Waals surface area contributed by atoms with E-state index in [1.165, 1.54) is 58.0 Å². The fourth-order valence-electron chi connectivity index (χ4n) is 4.14. The van der Waals surface area contributed by atoms with Crippen molar-refractivity contribution in [3.63, 3.8) is 0 Å². The number of halogens is 2. The molecule has 0 bridgehead atoms. The second-order valence-corrected chi connectivity index (χ2v) is 7.06. The molecule has 0 radical (unpaired) electrons. The van der Waals surface area contributed by atoms with Crippen molar-refractivity contribution in [1.29, 1.82) is 0 Å². The van der Waals surface area contributed by atoms with Crippen LogP contribution in [0.2, 0.25) is 0 Å². The van der Waals surface area contributed by atoms with E-state index in [-0.39, 0.29) is 24.8 Å². The van der Waals surface area contributed by atoms with E-state index in [9.17, 15) is 0 Å². The van der Waals surface area contributed by atoms with Gasteiger partial charge in [-0.1, -0.05) is 6.92 Å². The molecule has 1 aromatic rings. The van der Waals surface area contributed by atoms with Gasteiger partial charge in [0.1, 0.15) is 0 Å². The van der Waals surface area contributed by atoms with E-state index in [0.717, 1.165) is 12.6 Å². The summed E-state index contributed by atoms with van der Waals surface area (Å²) in [6.45, 7) is 5.79. The lowest BCUT2D eigenvalue weighted by atomic mass is 9.67. The highest BCUT2D eigenvalue weighted by molar-refractivity contribution is 5.85. The van der Waals surface area contributed by atoms with Crippen LogP contribution in [0, 0.1) is 5.41 Å². The molecule has 1 saturated heterocycles. The van der Waals surface area contributed by atoms with Gasteiger partial charge in [0.05, 0.1) is 6.33 Å². The number of hydrogen-bond acceptors (Lipinski definition) is 3. The summed E-state index contributed by atoms with van der Waals surface area (Å²) in [6, 6.07) is 1.30. The van der Waals surface area contributed by atoms with Gasteiger partial charge in [-0.15, -0.1) is 24.8 Å². The van der Waals surface area contributed by atoms with Gasteiger partial charge < -0.3 is 15.2 Å². The summed E-state index contributed by atoms with van der Waals surface area (Å²) in [4.78, 5) is 4.14. The lowest BCUT2D eigenvalue weighted by Gasteiger charge is -2.44. The van der Waals surface area contributed by atoms with E-state index in [1.54, 1.807) is 0 Å². The van der Waals surface area contributed by atoms with Crippen LogP contribution in [0.25, 0.3) is 0 Å². The summed E-state index contributed by atoms with van der Waals surface area (Å²) >= 11 is 0. The number of aromatic nitrogens is 2. The molecule has 1 aliphatic heterocycles. The third-order valence-corrected chi connectivity index (χ3v) is 5.67. The largest absolute Gasteiger partial charge is 0.336 e. The Hall–Kier alpha value is -0.290. The van der Waals surface area contributed by atoms with Crippen molar-refractivity contribution in [2.24, 2.45) is 5.41 Å². The first-order chi connectivity index (χ1) is 10.3. The Bertz CT molecular complexity index is 408. The molecule has 0 aromatic carbocycles. The maximum Gasteiger partial charge on any atom is 0.0946 e. The molecule has 1 aliphatic carbocycles. The summed E-state index contributed by atoms with van der Waals surface area (Å²) < 4.78 is 2.19. The number of nitrogens with zero attached hydrogens (tertiary/aromatic N) is 2. The number of rotatable bonds is 5. The molecule has 1 unspecified atom stereocenters. The Balaban J connectivity index is 0.00000132. The minimum Gasteiger partial charge on any atom is -0.336 e. The molecular weight excluding hydrogens is 331 g/mol. The third kappa shape index (κ3) is 5.63. The van der Waals surface area contributed by atoms with Crippen LogP contribution in [-0.4, -0.2) is 34.7 Å². The van der Waals surface area contributed by atoms with Gasteiger partial charge in [-0.3, -0.25) is 0 Å². The van der Waals surface area contributed by atoms with Gasteiger partial charge in [-0.2, -0.15) is 0 Å². The van der Waals surface area contributed by atoms with E-state index in [1.807, 2.05) is 12.5 Å². The molecule has 1 spiro atoms. The molecule has 3 rings (SSSR count). The predicted molar refractivity (Wildman–Crippen MR) is 101 cm³/mol. The van der Waals surface area contributed by atoms with Crippen molar-refractivity contribution >= 4 is 24.8 Å². The molecule has 0 amide bonds. The van der Waals surface area contributed by atoms with E-state index < -0.39 is 0 Å². The van der Waals surface area contributed by atoms with Gasteiger partial charge in [-0.05, 0) is 63.5 Å². The zero-order chi connectivity index (χ0) is 14.5. The first-order valence-corrected chi connectivity index (χ1v) is 8.72. The molecule has 2 fully saturated rings. The number of hydrogen-bond donors (Lipinski definition) is 2. The van der Waals surface area contributed by atoms with Gasteiger partial charge in [0, 0.05) is 31.0 Å². The van der Waals surface area contributed by atoms with Crippen molar-refractivity contribution in [1.82, 2.24) is 20.2 Å². The Kier molecular flexibility index (Phi) is 8.91. The SMILES string of the molecule is CCC(Cn1ccnc1)NC1CCC2(CCNCC2)CC1.Cl.Cl. The van der Waals surface area contributed by atoms with E-state index in [2.05, 4.69) is 33.3 Å². The van der Waals surface area contributed by atoms with Gasteiger partial charge in [-0.25, -0.2) is 4.98 Å². The van der Waals surface area contributed by atoms with E-state index in [4.69, 9.17) is 0 Å². The predicted octanol–water partition coefficient (Wildman–Crippen LogP) is 3.41. The molecule has 4 nitrogen and oxygen atoms in total. The minimum absolute atomic E-state index is 0. The highest BCUT2D eigenvalue weighted by Gasteiger charge is 2.36. The second kappa shape index (κ2) is 9.87. The van der Waals surface area contributed by atoms with Crippen LogP contribution in [0.15, 0.2) is 18.7 Å². The summed E-state index contributed by atoms with van der Waals surface area (Å²) in [5.74, 6) is 0. The van der Waals surface area contributed by atoms with Crippen LogP contribution in [-0.2, 0) is 6.54 Å². The fraction of sp³-hybridized carbons (Fsp3) is 0.824. The van der Waals surface area contributed by atoms with Gasteiger partial charge in [0.15, 0.2) is 0 Å². The van der Waals surface area contributed by atoms with Crippen molar-refractivity contribution in [2.75, 3.05) is 13.1 Å². The van der Waals surface area contributed by atoms with Gasteiger partial charge in [0.2, 0.25) is 0 Å². The van der Waals surface area contributed by atoms with Gasteiger partial charge in [0.25, 0.3) is 0 Å². The average Bonchev–Trinajstić information content (AvgIpc) is 3.03. The second-order valence-electron chi connectivity index (χ2n) is 7.06. The van der Waals surface area contributed by atoms with E-state index >= 15 is 0 Å². The maximum atomic E-state index is 4.14. The van der Waals surface area contributed by atoms with E-state index in [0.29, 0.717) is 11.5 Å². The first-order valence-electron chi connectivity index (χ1n) is 8.72. The van der Waals surface area contributed by atoms with Crippen LogP contribution in [0.1, 0.15) is 51.9 Å². The molecule has 1 saturated carbocycles. The van der Waals surface area contributed by atoms with Crippen LogP contribution in [0.3, 0.4) is 0 Å². The fourth-order valence-corrected chi connectivity index (χ4v) is 4.14. The number of piperidine rings is 1. The zero-order valence-electron chi connectivity index (χ0n) is 14.2. The third-order valence-electron chi connectivity index (χ3n) is 5.67. The maximum absolute atomic E-state index is 4.14. The minimum atomic E-state index is 0. The molecule has 2 heterocycles. The normalized spacial score (nSPS) is 22.1. The molecule has 1 atom stereocenters. The summed E-state index contributed by atoms with van der Waals surface area (Å²) in [7, 11) is 0. The molecule has 23 heavy (non-hydrogen) atoms. The lowest BCUT2D eigenvalue weighted by molar-refractivity contribution is 0.111. The molecule has 6 heteroatoms. The molecule has 2 N–H and O–H groups in total. The number of nitrogens with one attached hydrogen (secondary N) is 2. The molecule has 1 aromatic heterocycles. The van der Waals surface area contributed by atoms with Crippen molar-refractivity contribution in [3.8, 4) is 0 Å². The molecular formula is C17H32Cl2N4. The standard InChI is InChI=1S/C17H30N4.2ClH/c1-2-15(13-21-12-11-19-14-21)20-16-3-5-17(6-4-16)7-9-18-10-8-17;;/h11-12,14-16,18,20H,2-10,13H2,1H3;2*1H. The topological polar surface area (TPSA) is 41.9 Å². The highest BCUT2D eigenvalue weighted by atomic mass is 35.5. The first kappa shape index (κ1) is 20.8. The molecule has 2 aliphatic rings.